The van der Waals surface area contributed by atoms with Gasteiger partial charge in [0.15, 0.2) is 0 Å². The first-order chi connectivity index (χ1) is 17.2. The predicted molar refractivity (Wildman–Crippen MR) is 128 cm³/mol. The summed E-state index contributed by atoms with van der Waals surface area (Å²) in [5.74, 6) is 0.802. The molecule has 1 saturated carbocycles. The fraction of sp³-hybridized carbons (Fsp3) is 0.480. The number of anilines is 1. The molecule has 192 valence electrons. The minimum Gasteiger partial charge on any atom is -0.368 e. The molecule has 7 nitrogen and oxygen atoms in total. The fourth-order valence-electron chi connectivity index (χ4n) is 4.71. The molecule has 0 spiro atoms. The first-order valence-corrected chi connectivity index (χ1v) is 12.3. The number of ether oxygens (including phenoxy) is 1. The van der Waals surface area contributed by atoms with Crippen molar-refractivity contribution in [2.24, 2.45) is 0 Å². The number of piperazine rings is 1. The average Bonchev–Trinajstić information content (AvgIpc) is 2.88. The number of hydrogen-bond donors (Lipinski definition) is 1. The van der Waals surface area contributed by atoms with Gasteiger partial charge in [-0.05, 0) is 31.0 Å². The Balaban J connectivity index is 1.19. The molecule has 36 heavy (non-hydrogen) atoms. The lowest BCUT2D eigenvalue weighted by molar-refractivity contribution is -0.615. The van der Waals surface area contributed by atoms with Crippen LogP contribution in [0.15, 0.2) is 36.5 Å². The van der Waals surface area contributed by atoms with Crippen molar-refractivity contribution >= 4 is 29.0 Å². The molecule has 0 bridgehead atoms. The van der Waals surface area contributed by atoms with Crippen molar-refractivity contribution in [3.05, 3.63) is 52.7 Å². The van der Waals surface area contributed by atoms with Gasteiger partial charge < -0.3 is 19.9 Å². The molecule has 2 fully saturated rings. The zero-order chi connectivity index (χ0) is 25.7. The highest BCUT2D eigenvalue weighted by molar-refractivity contribution is 6.30. The summed E-state index contributed by atoms with van der Waals surface area (Å²) >= 11 is 5.89. The molecular formula is C25H28ClF3N5O2+. The Morgan fingerprint density at radius 1 is 1.14 bits per heavy atom. The molecule has 2 aromatic rings. The number of alkyl halides is 3. The lowest BCUT2D eigenvalue weighted by Crippen LogP contribution is -2.85. The highest BCUT2D eigenvalue weighted by Gasteiger charge is 2.35. The standard InChI is InChI=1S/C25H27ClF3N5O2/c26-18-2-8-23(31-15-18)33-9-11-34(12-10-33)24(35)16-36-21-6-4-19(5-7-21)32-20-3-1-17(14-30)22(13-20)25(27,28)29/h1-3,8,13,15,19,21,32H,4-7,9-12,16H2/p+1. The van der Waals surface area contributed by atoms with Gasteiger partial charge >= 0.3 is 6.18 Å². The maximum atomic E-state index is 13.2. The summed E-state index contributed by atoms with van der Waals surface area (Å²) < 4.78 is 45.5. The highest BCUT2D eigenvalue weighted by Crippen LogP contribution is 2.33. The smallest absolute Gasteiger partial charge is 0.368 e. The second-order valence-corrected chi connectivity index (χ2v) is 9.57. The van der Waals surface area contributed by atoms with E-state index < -0.39 is 11.7 Å². The highest BCUT2D eigenvalue weighted by atomic mass is 35.5. The Kier molecular flexibility index (Phi) is 8.34. The summed E-state index contributed by atoms with van der Waals surface area (Å²) in [4.78, 5) is 20.9. The van der Waals surface area contributed by atoms with E-state index in [1.165, 1.54) is 6.07 Å². The summed E-state index contributed by atoms with van der Waals surface area (Å²) in [5.41, 5.74) is -0.808. The molecule has 0 atom stereocenters. The number of carbonyl (C=O) groups excluding carboxylic acids is 1. The van der Waals surface area contributed by atoms with Crippen molar-refractivity contribution in [1.82, 2.24) is 9.88 Å². The van der Waals surface area contributed by atoms with E-state index in [1.807, 2.05) is 11.4 Å². The van der Waals surface area contributed by atoms with E-state index in [2.05, 4.69) is 9.88 Å². The first kappa shape index (κ1) is 26.2. The van der Waals surface area contributed by atoms with Crippen LogP contribution in [0.2, 0.25) is 5.02 Å². The van der Waals surface area contributed by atoms with Crippen LogP contribution in [-0.2, 0) is 15.7 Å². The minimum atomic E-state index is -4.56. The van der Waals surface area contributed by atoms with Gasteiger partial charge in [0.2, 0.25) is 5.91 Å². The van der Waals surface area contributed by atoms with Crippen LogP contribution in [0.25, 0.3) is 0 Å². The number of pyridine rings is 1. The fourth-order valence-corrected chi connectivity index (χ4v) is 4.82. The van der Waals surface area contributed by atoms with E-state index in [9.17, 15) is 18.0 Å². The number of nitriles is 1. The van der Waals surface area contributed by atoms with E-state index in [-0.39, 0.29) is 30.2 Å². The van der Waals surface area contributed by atoms with Gasteiger partial charge in [-0.3, -0.25) is 4.79 Å². The molecule has 2 N–H and O–H groups in total. The molecule has 1 aliphatic heterocycles. The van der Waals surface area contributed by atoms with Gasteiger partial charge in [0.05, 0.1) is 34.4 Å². The van der Waals surface area contributed by atoms with Crippen molar-refractivity contribution in [2.75, 3.05) is 37.7 Å². The maximum absolute atomic E-state index is 13.2. The van der Waals surface area contributed by atoms with E-state index in [4.69, 9.17) is 21.6 Å². The topological polar surface area (TPSA) is 86.1 Å². The van der Waals surface area contributed by atoms with Crippen LogP contribution in [0.4, 0.5) is 24.7 Å². The van der Waals surface area contributed by atoms with Crippen LogP contribution in [0, 0.1) is 11.3 Å². The van der Waals surface area contributed by atoms with Crippen molar-refractivity contribution in [2.45, 2.75) is 44.0 Å². The van der Waals surface area contributed by atoms with Crippen LogP contribution < -0.4 is 10.2 Å². The molecule has 2 heterocycles. The summed E-state index contributed by atoms with van der Waals surface area (Å²) in [6, 6.07) is 9.22. The van der Waals surface area contributed by atoms with Crippen LogP contribution in [0.5, 0.6) is 0 Å². The predicted octanol–water partition coefficient (Wildman–Crippen LogP) is 3.50. The monoisotopic (exact) mass is 522 g/mol. The molecule has 0 unspecified atom stereocenters. The Morgan fingerprint density at radius 2 is 1.86 bits per heavy atom. The second kappa shape index (κ2) is 11.5. The number of halogens is 4. The van der Waals surface area contributed by atoms with Crippen LogP contribution in [0.1, 0.15) is 36.8 Å². The SMILES string of the molecule is N#Cc1ccc([NH2+]C2CCC(OCC(=O)N3CCN(c4ccc(Cl)cn4)CC3)CC2)cc1C(F)(F)F. The summed E-state index contributed by atoms with van der Waals surface area (Å²) in [7, 11) is 0. The average molecular weight is 523 g/mol. The third kappa shape index (κ3) is 6.66. The third-order valence-corrected chi connectivity index (χ3v) is 6.95. The van der Waals surface area contributed by atoms with E-state index in [1.54, 1.807) is 29.3 Å². The number of amides is 1. The van der Waals surface area contributed by atoms with Crippen molar-refractivity contribution in [1.29, 1.82) is 5.26 Å². The molecule has 2 aliphatic rings. The molecule has 11 heteroatoms. The molecule has 4 rings (SSSR count). The number of nitrogens with zero attached hydrogens (tertiary/aromatic N) is 4. The molecular weight excluding hydrogens is 495 g/mol. The molecule has 1 aliphatic carbocycles. The number of hydrogen-bond acceptors (Lipinski definition) is 5. The summed E-state index contributed by atoms with van der Waals surface area (Å²) in [5, 5.41) is 11.4. The van der Waals surface area contributed by atoms with Gasteiger partial charge in [-0.25, -0.2) is 4.98 Å². The first-order valence-electron chi connectivity index (χ1n) is 11.9. The van der Waals surface area contributed by atoms with Gasteiger partial charge in [0.1, 0.15) is 18.1 Å². The third-order valence-electron chi connectivity index (χ3n) is 6.73. The molecule has 1 saturated heterocycles. The molecule has 0 radical (unpaired) electrons. The van der Waals surface area contributed by atoms with Crippen LogP contribution in [0.3, 0.4) is 0 Å². The van der Waals surface area contributed by atoms with Crippen LogP contribution >= 0.6 is 11.6 Å². The minimum absolute atomic E-state index is 0.0306. The second-order valence-electron chi connectivity index (χ2n) is 9.13. The molecule has 1 aromatic carbocycles. The quantitative estimate of drug-likeness (QED) is 0.587. The molecule has 1 amide bonds. The van der Waals surface area contributed by atoms with E-state index in [0.717, 1.165) is 37.6 Å². The van der Waals surface area contributed by atoms with Crippen LogP contribution in [-0.4, -0.2) is 60.7 Å². The van der Waals surface area contributed by atoms with Gasteiger partial charge in [0, 0.05) is 57.4 Å². The Morgan fingerprint density at radius 3 is 2.47 bits per heavy atom. The van der Waals surface area contributed by atoms with Gasteiger partial charge in [-0.2, -0.15) is 18.4 Å². The summed E-state index contributed by atoms with van der Waals surface area (Å²) in [6.07, 6.45) is 0.0372. The number of benzene rings is 1. The Hall–Kier alpha value is -2.87. The largest absolute Gasteiger partial charge is 0.417 e. The number of carbonyl (C=O) groups is 1. The zero-order valence-electron chi connectivity index (χ0n) is 19.7. The van der Waals surface area contributed by atoms with E-state index >= 15 is 0 Å². The Labute approximate surface area is 212 Å². The number of nitrogens with two attached hydrogens (primary N) is 1. The Bertz CT molecular complexity index is 1090. The molecule has 1 aromatic heterocycles. The number of rotatable bonds is 6. The van der Waals surface area contributed by atoms with Gasteiger partial charge in [-0.15, -0.1) is 0 Å². The zero-order valence-corrected chi connectivity index (χ0v) is 20.4. The van der Waals surface area contributed by atoms with Crippen molar-refractivity contribution in [3.8, 4) is 6.07 Å². The maximum Gasteiger partial charge on any atom is 0.417 e. The lowest BCUT2D eigenvalue weighted by atomic mass is 9.92. The van der Waals surface area contributed by atoms with Gasteiger partial charge in [-0.1, -0.05) is 11.6 Å². The van der Waals surface area contributed by atoms with Gasteiger partial charge in [0.25, 0.3) is 0 Å². The number of aromatic nitrogens is 1. The normalized spacial score (nSPS) is 20.8. The van der Waals surface area contributed by atoms with Crippen molar-refractivity contribution < 1.29 is 28.0 Å². The lowest BCUT2D eigenvalue weighted by Gasteiger charge is -2.35. The summed E-state index contributed by atoms with van der Waals surface area (Å²) in [6.45, 7) is 2.60. The van der Waals surface area contributed by atoms with Crippen molar-refractivity contribution in [3.63, 3.8) is 0 Å². The number of quaternary nitrogens is 1. The van der Waals surface area contributed by atoms with E-state index in [0.29, 0.717) is 36.9 Å².